The fourth-order valence-corrected chi connectivity index (χ4v) is 1.47. The summed E-state index contributed by atoms with van der Waals surface area (Å²) in [6, 6.07) is 1.44. The molecule has 7 nitrogen and oxygen atoms in total. The van der Waals surface area contributed by atoms with Crippen LogP contribution in [0.4, 0.5) is 4.79 Å². The molecule has 0 bridgehead atoms. The van der Waals surface area contributed by atoms with E-state index in [-0.39, 0.29) is 24.9 Å². The van der Waals surface area contributed by atoms with Gasteiger partial charge < -0.3 is 20.3 Å². The lowest BCUT2D eigenvalue weighted by atomic mass is 10.1. The maximum Gasteiger partial charge on any atom is 0.315 e. The van der Waals surface area contributed by atoms with E-state index in [0.29, 0.717) is 18.7 Å². The number of nitrogens with zero attached hydrogens (tertiary/aromatic N) is 1. The Kier molecular flexibility index (Phi) is 5.84. The van der Waals surface area contributed by atoms with Crippen LogP contribution in [0, 0.1) is 12.8 Å². The molecular formula is C12H19N3O4. The van der Waals surface area contributed by atoms with Crippen molar-refractivity contribution in [2.45, 2.75) is 33.2 Å². The molecular weight excluding hydrogens is 250 g/mol. The third-order valence-electron chi connectivity index (χ3n) is 2.56. The van der Waals surface area contributed by atoms with Crippen LogP contribution in [0.1, 0.15) is 31.2 Å². The zero-order chi connectivity index (χ0) is 14.3. The van der Waals surface area contributed by atoms with Crippen LogP contribution in [0.5, 0.6) is 0 Å². The summed E-state index contributed by atoms with van der Waals surface area (Å²) < 4.78 is 4.95. The first-order chi connectivity index (χ1) is 8.97. The summed E-state index contributed by atoms with van der Waals surface area (Å²) in [5, 5.41) is 17.6. The van der Waals surface area contributed by atoms with Gasteiger partial charge in [-0.2, -0.15) is 0 Å². The van der Waals surface area contributed by atoms with Crippen LogP contribution in [-0.2, 0) is 11.3 Å². The third kappa shape index (κ3) is 6.44. The minimum atomic E-state index is -0.822. The van der Waals surface area contributed by atoms with Gasteiger partial charge in [-0.3, -0.25) is 4.79 Å². The first-order valence-electron chi connectivity index (χ1n) is 6.13. The van der Waals surface area contributed by atoms with Crippen molar-refractivity contribution < 1.29 is 19.2 Å². The molecule has 7 heteroatoms. The quantitative estimate of drug-likeness (QED) is 0.691. The first kappa shape index (κ1) is 15.0. The second kappa shape index (κ2) is 7.40. The normalized spacial score (nSPS) is 11.9. The van der Waals surface area contributed by atoms with Crippen LogP contribution in [-0.4, -0.2) is 28.8 Å². The fraction of sp³-hybridized carbons (Fsp3) is 0.583. The van der Waals surface area contributed by atoms with Crippen molar-refractivity contribution in [2.24, 2.45) is 5.92 Å². The summed E-state index contributed by atoms with van der Waals surface area (Å²) in [6.45, 7) is 4.41. The molecule has 1 aromatic heterocycles. The second-order valence-electron chi connectivity index (χ2n) is 4.54. The largest absolute Gasteiger partial charge is 0.481 e. The summed E-state index contributed by atoms with van der Waals surface area (Å²) in [6.07, 6.45) is 0.652. The molecule has 2 amide bonds. The molecule has 3 N–H and O–H groups in total. The Balaban J connectivity index is 2.15. The van der Waals surface area contributed by atoms with E-state index in [0.717, 1.165) is 5.69 Å². The molecule has 0 spiro atoms. The van der Waals surface area contributed by atoms with Gasteiger partial charge in [0, 0.05) is 19.0 Å². The summed E-state index contributed by atoms with van der Waals surface area (Å²) in [4.78, 5) is 21.9. The summed E-state index contributed by atoms with van der Waals surface area (Å²) in [5.41, 5.74) is 0.763. The molecule has 1 aromatic rings. The highest BCUT2D eigenvalue weighted by Gasteiger charge is 2.08. The lowest BCUT2D eigenvalue weighted by Crippen LogP contribution is -2.37. The number of hydrogen-bond donors (Lipinski definition) is 3. The van der Waals surface area contributed by atoms with E-state index in [1.54, 1.807) is 13.0 Å². The Hall–Kier alpha value is -2.05. The van der Waals surface area contributed by atoms with Gasteiger partial charge in [-0.05, 0) is 19.3 Å². The number of carbonyl (C=O) groups is 2. The highest BCUT2D eigenvalue weighted by molar-refractivity contribution is 5.73. The molecule has 0 saturated heterocycles. The lowest BCUT2D eigenvalue weighted by Gasteiger charge is -2.11. The number of urea groups is 1. The van der Waals surface area contributed by atoms with Crippen LogP contribution < -0.4 is 10.6 Å². The number of nitrogens with one attached hydrogen (secondary N) is 2. The van der Waals surface area contributed by atoms with Gasteiger partial charge in [-0.25, -0.2) is 4.79 Å². The zero-order valence-corrected chi connectivity index (χ0v) is 11.1. The molecule has 0 saturated carbocycles. The fourth-order valence-electron chi connectivity index (χ4n) is 1.47. The molecule has 0 fully saturated rings. The molecule has 1 unspecified atom stereocenters. The Morgan fingerprint density at radius 2 is 2.21 bits per heavy atom. The van der Waals surface area contributed by atoms with E-state index in [2.05, 4.69) is 15.8 Å². The van der Waals surface area contributed by atoms with E-state index in [1.807, 2.05) is 6.92 Å². The van der Waals surface area contributed by atoms with Gasteiger partial charge in [0.25, 0.3) is 0 Å². The Morgan fingerprint density at radius 3 is 2.79 bits per heavy atom. The van der Waals surface area contributed by atoms with E-state index in [1.165, 1.54) is 0 Å². The molecule has 106 valence electrons. The maximum absolute atomic E-state index is 11.5. The van der Waals surface area contributed by atoms with Crippen LogP contribution in [0.3, 0.4) is 0 Å². The zero-order valence-electron chi connectivity index (χ0n) is 11.1. The predicted octanol–water partition coefficient (Wildman–Crippen LogP) is 1.28. The summed E-state index contributed by atoms with van der Waals surface area (Å²) in [5.74, 6) is -0.113. The molecule has 1 heterocycles. The summed E-state index contributed by atoms with van der Waals surface area (Å²) >= 11 is 0. The van der Waals surface area contributed by atoms with Gasteiger partial charge in [-0.15, -0.1) is 0 Å². The van der Waals surface area contributed by atoms with Gasteiger partial charge in [0.15, 0.2) is 5.76 Å². The average molecular weight is 269 g/mol. The van der Waals surface area contributed by atoms with E-state index in [9.17, 15) is 9.59 Å². The van der Waals surface area contributed by atoms with Crippen molar-refractivity contribution >= 4 is 12.0 Å². The van der Waals surface area contributed by atoms with Crippen LogP contribution in [0.15, 0.2) is 10.6 Å². The van der Waals surface area contributed by atoms with Gasteiger partial charge in [-0.1, -0.05) is 12.1 Å². The van der Waals surface area contributed by atoms with E-state index in [4.69, 9.17) is 9.63 Å². The molecule has 0 aliphatic rings. The number of carboxylic acids is 1. The lowest BCUT2D eigenvalue weighted by molar-refractivity contribution is -0.137. The Morgan fingerprint density at radius 1 is 1.47 bits per heavy atom. The molecule has 0 aliphatic heterocycles. The first-order valence-corrected chi connectivity index (χ1v) is 6.13. The number of aliphatic carboxylic acids is 1. The second-order valence-corrected chi connectivity index (χ2v) is 4.54. The Bertz CT molecular complexity index is 430. The molecule has 1 atom stereocenters. The third-order valence-corrected chi connectivity index (χ3v) is 2.56. The number of carboxylic acid groups (broad SMARTS) is 1. The van der Waals surface area contributed by atoms with Crippen molar-refractivity contribution in [1.29, 1.82) is 0 Å². The molecule has 19 heavy (non-hydrogen) atoms. The van der Waals surface area contributed by atoms with E-state index < -0.39 is 5.97 Å². The van der Waals surface area contributed by atoms with Crippen molar-refractivity contribution in [2.75, 3.05) is 6.54 Å². The van der Waals surface area contributed by atoms with Gasteiger partial charge in [0.2, 0.25) is 0 Å². The van der Waals surface area contributed by atoms with Crippen molar-refractivity contribution in [3.63, 3.8) is 0 Å². The number of hydrogen-bond acceptors (Lipinski definition) is 4. The molecule has 1 rings (SSSR count). The maximum atomic E-state index is 11.5. The predicted molar refractivity (Wildman–Crippen MR) is 67.5 cm³/mol. The van der Waals surface area contributed by atoms with Crippen LogP contribution >= 0.6 is 0 Å². The minimum Gasteiger partial charge on any atom is -0.481 e. The molecule has 0 aliphatic carbocycles. The van der Waals surface area contributed by atoms with Crippen LogP contribution in [0.2, 0.25) is 0 Å². The SMILES string of the molecule is Cc1cc(CNC(=O)NCC(C)CCC(=O)O)on1. The number of carbonyl (C=O) groups excluding carboxylic acids is 1. The van der Waals surface area contributed by atoms with Crippen molar-refractivity contribution in [3.05, 3.63) is 17.5 Å². The monoisotopic (exact) mass is 269 g/mol. The average Bonchev–Trinajstić information content (AvgIpc) is 2.77. The van der Waals surface area contributed by atoms with Gasteiger partial charge in [0.05, 0.1) is 12.2 Å². The number of aryl methyl sites for hydroxylation is 1. The highest BCUT2D eigenvalue weighted by atomic mass is 16.5. The molecule has 0 radical (unpaired) electrons. The van der Waals surface area contributed by atoms with Gasteiger partial charge >= 0.3 is 12.0 Å². The standard InChI is InChI=1S/C12H19N3O4/c1-8(3-4-11(16)17)6-13-12(18)14-7-10-5-9(2)15-19-10/h5,8H,3-4,6-7H2,1-2H3,(H,16,17)(H2,13,14,18). The number of amides is 2. The topological polar surface area (TPSA) is 104 Å². The Labute approximate surface area is 111 Å². The van der Waals surface area contributed by atoms with Crippen molar-refractivity contribution in [3.8, 4) is 0 Å². The minimum absolute atomic E-state index is 0.113. The summed E-state index contributed by atoms with van der Waals surface area (Å²) in [7, 11) is 0. The number of rotatable bonds is 7. The van der Waals surface area contributed by atoms with Crippen LogP contribution in [0.25, 0.3) is 0 Å². The number of aromatic nitrogens is 1. The van der Waals surface area contributed by atoms with E-state index >= 15 is 0 Å². The molecule has 0 aromatic carbocycles. The highest BCUT2D eigenvalue weighted by Crippen LogP contribution is 2.04. The smallest absolute Gasteiger partial charge is 0.315 e. The van der Waals surface area contributed by atoms with Crippen molar-refractivity contribution in [1.82, 2.24) is 15.8 Å². The van der Waals surface area contributed by atoms with Gasteiger partial charge in [0.1, 0.15) is 0 Å².